The van der Waals surface area contributed by atoms with Crippen LogP contribution >= 0.6 is 0 Å². The van der Waals surface area contributed by atoms with Crippen molar-refractivity contribution in [1.29, 1.82) is 0 Å². The third-order valence-electron chi connectivity index (χ3n) is 1.56. The van der Waals surface area contributed by atoms with Crippen molar-refractivity contribution in [2.24, 2.45) is 0 Å². The molecule has 0 unspecified atom stereocenters. The van der Waals surface area contributed by atoms with E-state index in [1.54, 1.807) is 13.0 Å². The van der Waals surface area contributed by atoms with E-state index in [2.05, 4.69) is 10.9 Å². The quantitative estimate of drug-likeness (QED) is 0.520. The monoisotopic (exact) mass is 189 g/mol. The topological polar surface area (TPSA) is 67.3 Å². The summed E-state index contributed by atoms with van der Waals surface area (Å²) in [5, 5.41) is 8.32. The van der Waals surface area contributed by atoms with Crippen molar-refractivity contribution in [3.8, 4) is 11.8 Å². The fourth-order valence-electron chi connectivity index (χ4n) is 0.894. The zero-order valence-electron chi connectivity index (χ0n) is 7.44. The standard InChI is InChI=1S/C10H7NO3/c1-7-4-9(6-12)11-5-8(7)2-3-10(13)14/h4-6H,1H3,(H,13,14). The zero-order chi connectivity index (χ0) is 10.6. The molecule has 4 heteroatoms. The molecule has 0 fully saturated rings. The highest BCUT2D eigenvalue weighted by molar-refractivity contribution is 5.87. The van der Waals surface area contributed by atoms with Gasteiger partial charge in [0.05, 0.1) is 0 Å². The number of pyridine rings is 1. The molecule has 0 spiro atoms. The molecule has 14 heavy (non-hydrogen) atoms. The summed E-state index contributed by atoms with van der Waals surface area (Å²) in [6, 6.07) is 1.55. The maximum absolute atomic E-state index is 10.3. The summed E-state index contributed by atoms with van der Waals surface area (Å²) in [4.78, 5) is 24.3. The smallest absolute Gasteiger partial charge is 0.382 e. The summed E-state index contributed by atoms with van der Waals surface area (Å²) in [6.45, 7) is 1.74. The third kappa shape index (κ3) is 2.42. The third-order valence-corrected chi connectivity index (χ3v) is 1.56. The number of hydrogen-bond donors (Lipinski definition) is 1. The number of carbonyl (C=O) groups is 2. The van der Waals surface area contributed by atoms with Crippen molar-refractivity contribution in [3.05, 3.63) is 29.1 Å². The molecule has 0 saturated heterocycles. The van der Waals surface area contributed by atoms with E-state index in [4.69, 9.17) is 5.11 Å². The second kappa shape index (κ2) is 4.19. The molecule has 0 aromatic carbocycles. The molecule has 0 amide bonds. The number of rotatable bonds is 1. The van der Waals surface area contributed by atoms with Crippen molar-refractivity contribution in [1.82, 2.24) is 4.98 Å². The van der Waals surface area contributed by atoms with Gasteiger partial charge in [0.2, 0.25) is 0 Å². The number of aryl methyl sites for hydroxylation is 1. The van der Waals surface area contributed by atoms with E-state index in [1.807, 2.05) is 5.92 Å². The highest BCUT2D eigenvalue weighted by atomic mass is 16.4. The maximum atomic E-state index is 10.3. The average molecular weight is 189 g/mol. The number of nitrogens with zero attached hydrogens (tertiary/aromatic N) is 1. The molecule has 1 heterocycles. The Morgan fingerprint density at radius 2 is 2.36 bits per heavy atom. The van der Waals surface area contributed by atoms with E-state index in [0.717, 1.165) is 5.56 Å². The SMILES string of the molecule is Cc1cc(C=O)ncc1C#CC(=O)O. The van der Waals surface area contributed by atoms with Crippen molar-refractivity contribution in [2.75, 3.05) is 0 Å². The molecule has 0 aliphatic heterocycles. The number of carboxylic acids is 1. The molecule has 70 valence electrons. The van der Waals surface area contributed by atoms with Gasteiger partial charge in [-0.25, -0.2) is 4.79 Å². The van der Waals surface area contributed by atoms with E-state index in [0.29, 0.717) is 17.5 Å². The molecule has 0 radical (unpaired) electrons. The predicted octanol–water partition coefficient (Wildman–Crippen LogP) is 0.639. The van der Waals surface area contributed by atoms with Gasteiger partial charge >= 0.3 is 5.97 Å². The molecular formula is C10H7NO3. The maximum Gasteiger partial charge on any atom is 0.382 e. The van der Waals surface area contributed by atoms with E-state index in [9.17, 15) is 9.59 Å². The van der Waals surface area contributed by atoms with Crippen LogP contribution in [0.5, 0.6) is 0 Å². The second-order valence-corrected chi connectivity index (χ2v) is 2.60. The first kappa shape index (κ1) is 9.93. The Balaban J connectivity index is 3.08. The molecule has 0 aliphatic rings. The van der Waals surface area contributed by atoms with Gasteiger partial charge in [0, 0.05) is 17.7 Å². The Labute approximate surface area is 80.6 Å². The second-order valence-electron chi connectivity index (χ2n) is 2.60. The minimum absolute atomic E-state index is 0.309. The van der Waals surface area contributed by atoms with Crippen LogP contribution < -0.4 is 0 Å². The molecule has 0 atom stereocenters. The molecular weight excluding hydrogens is 182 g/mol. The molecule has 4 nitrogen and oxygen atoms in total. The van der Waals surface area contributed by atoms with Gasteiger partial charge in [0.1, 0.15) is 5.69 Å². The van der Waals surface area contributed by atoms with Gasteiger partial charge in [-0.05, 0) is 18.6 Å². The van der Waals surface area contributed by atoms with Crippen LogP contribution in [0.2, 0.25) is 0 Å². The minimum atomic E-state index is -1.19. The van der Waals surface area contributed by atoms with Gasteiger partial charge in [0.15, 0.2) is 6.29 Å². The van der Waals surface area contributed by atoms with Crippen molar-refractivity contribution < 1.29 is 14.7 Å². The van der Waals surface area contributed by atoms with Crippen LogP contribution in [-0.4, -0.2) is 22.3 Å². The summed E-state index contributed by atoms with van der Waals surface area (Å²) < 4.78 is 0. The number of carbonyl (C=O) groups excluding carboxylic acids is 1. The van der Waals surface area contributed by atoms with Crippen LogP contribution in [0.15, 0.2) is 12.3 Å². The van der Waals surface area contributed by atoms with Crippen LogP contribution in [0, 0.1) is 18.8 Å². The fraction of sp³-hybridized carbons (Fsp3) is 0.100. The van der Waals surface area contributed by atoms with Crippen LogP contribution in [0.1, 0.15) is 21.6 Å². The first-order valence-electron chi connectivity index (χ1n) is 3.80. The van der Waals surface area contributed by atoms with E-state index in [-0.39, 0.29) is 0 Å². The average Bonchev–Trinajstić information content (AvgIpc) is 2.15. The first-order chi connectivity index (χ1) is 6.63. The Bertz CT molecular complexity index is 440. The van der Waals surface area contributed by atoms with Gasteiger partial charge in [-0.1, -0.05) is 5.92 Å². The van der Waals surface area contributed by atoms with E-state index >= 15 is 0 Å². The van der Waals surface area contributed by atoms with E-state index < -0.39 is 5.97 Å². The van der Waals surface area contributed by atoms with Gasteiger partial charge in [-0.2, -0.15) is 0 Å². The summed E-state index contributed by atoms with van der Waals surface area (Å²) in [7, 11) is 0. The lowest BCUT2D eigenvalue weighted by molar-refractivity contribution is -0.130. The Kier molecular flexibility index (Phi) is 2.97. The highest BCUT2D eigenvalue weighted by Crippen LogP contribution is 2.05. The number of hydrogen-bond acceptors (Lipinski definition) is 3. The summed E-state index contributed by atoms with van der Waals surface area (Å²) in [5.74, 6) is 3.22. The highest BCUT2D eigenvalue weighted by Gasteiger charge is 1.98. The van der Waals surface area contributed by atoms with Crippen molar-refractivity contribution in [3.63, 3.8) is 0 Å². The van der Waals surface area contributed by atoms with Crippen molar-refractivity contribution in [2.45, 2.75) is 6.92 Å². The summed E-state index contributed by atoms with van der Waals surface area (Å²) in [6.07, 6.45) is 2.01. The van der Waals surface area contributed by atoms with Gasteiger partial charge in [-0.3, -0.25) is 9.78 Å². The number of aldehydes is 1. The Morgan fingerprint density at radius 3 is 2.86 bits per heavy atom. The molecule has 0 saturated carbocycles. The normalized spacial score (nSPS) is 8.64. The predicted molar refractivity (Wildman–Crippen MR) is 48.9 cm³/mol. The number of aliphatic carboxylic acids is 1. The number of carboxylic acid groups (broad SMARTS) is 1. The molecule has 0 bridgehead atoms. The van der Waals surface area contributed by atoms with Gasteiger partial charge < -0.3 is 5.11 Å². The molecule has 1 aromatic heterocycles. The summed E-state index contributed by atoms with van der Waals surface area (Å²) >= 11 is 0. The van der Waals surface area contributed by atoms with Gasteiger partial charge in [-0.15, -0.1) is 0 Å². The van der Waals surface area contributed by atoms with Crippen LogP contribution in [0.4, 0.5) is 0 Å². The lowest BCUT2D eigenvalue weighted by Gasteiger charge is -1.96. The van der Waals surface area contributed by atoms with Crippen LogP contribution in [0.3, 0.4) is 0 Å². The largest absolute Gasteiger partial charge is 0.472 e. The fourth-order valence-corrected chi connectivity index (χ4v) is 0.894. The molecule has 1 N–H and O–H groups in total. The Hall–Kier alpha value is -2.15. The lowest BCUT2D eigenvalue weighted by atomic mass is 10.1. The van der Waals surface area contributed by atoms with Gasteiger partial charge in [0.25, 0.3) is 0 Å². The number of aromatic nitrogens is 1. The van der Waals surface area contributed by atoms with Crippen LogP contribution in [0.25, 0.3) is 0 Å². The molecule has 1 aromatic rings. The Morgan fingerprint density at radius 1 is 1.64 bits per heavy atom. The minimum Gasteiger partial charge on any atom is -0.472 e. The van der Waals surface area contributed by atoms with Crippen molar-refractivity contribution >= 4 is 12.3 Å². The lowest BCUT2D eigenvalue weighted by Crippen LogP contribution is -1.92. The van der Waals surface area contributed by atoms with Crippen LogP contribution in [-0.2, 0) is 4.79 Å². The first-order valence-corrected chi connectivity index (χ1v) is 3.80. The summed E-state index contributed by atoms with van der Waals surface area (Å²) in [5.41, 5.74) is 1.55. The molecule has 1 rings (SSSR count). The molecule has 0 aliphatic carbocycles. The van der Waals surface area contributed by atoms with E-state index in [1.165, 1.54) is 6.20 Å². The zero-order valence-corrected chi connectivity index (χ0v) is 7.44.